The van der Waals surface area contributed by atoms with E-state index in [-0.39, 0.29) is 23.2 Å². The molecule has 0 bridgehead atoms. The lowest BCUT2D eigenvalue weighted by Gasteiger charge is -2.33. The number of aryl methyl sites for hydroxylation is 1. The lowest BCUT2D eigenvalue weighted by atomic mass is 9.99. The summed E-state index contributed by atoms with van der Waals surface area (Å²) >= 11 is 0. The fraction of sp³-hybridized carbons (Fsp3) is 0.524. The van der Waals surface area contributed by atoms with Gasteiger partial charge in [-0.25, -0.2) is 9.50 Å². The molecule has 4 rings (SSSR count). The molecular formula is C21H24F3N5O2. The lowest BCUT2D eigenvalue weighted by molar-refractivity contribution is -0.142. The third kappa shape index (κ3) is 4.03. The zero-order valence-electron chi connectivity index (χ0n) is 17.6. The Morgan fingerprint density at radius 2 is 2.03 bits per heavy atom. The third-order valence-corrected chi connectivity index (χ3v) is 5.59. The maximum absolute atomic E-state index is 13.6. The Bertz CT molecular complexity index is 1100. The first-order valence-corrected chi connectivity index (χ1v) is 10.4. The summed E-state index contributed by atoms with van der Waals surface area (Å²) in [6.07, 6.45) is -1.95. The summed E-state index contributed by atoms with van der Waals surface area (Å²) in [6.45, 7) is 6.11. The van der Waals surface area contributed by atoms with Crippen molar-refractivity contribution in [2.75, 3.05) is 6.54 Å². The number of alkyl halides is 3. The normalized spacial score (nSPS) is 17.6. The van der Waals surface area contributed by atoms with Crippen LogP contribution in [0, 0.1) is 0 Å². The van der Waals surface area contributed by atoms with Gasteiger partial charge in [0.1, 0.15) is 5.69 Å². The summed E-state index contributed by atoms with van der Waals surface area (Å²) in [5.74, 6) is -0.0957. The van der Waals surface area contributed by atoms with Crippen molar-refractivity contribution in [3.63, 3.8) is 0 Å². The van der Waals surface area contributed by atoms with Crippen LogP contribution >= 0.6 is 0 Å². The predicted octanol–water partition coefficient (Wildman–Crippen LogP) is 4.79. The van der Waals surface area contributed by atoms with E-state index in [0.717, 1.165) is 23.4 Å². The van der Waals surface area contributed by atoms with Gasteiger partial charge < -0.3 is 9.42 Å². The molecule has 10 heteroatoms. The molecule has 1 saturated heterocycles. The number of hydrogen-bond acceptors (Lipinski definition) is 5. The second-order valence-electron chi connectivity index (χ2n) is 8.10. The van der Waals surface area contributed by atoms with Gasteiger partial charge in [-0.3, -0.25) is 4.79 Å². The highest BCUT2D eigenvalue weighted by Gasteiger charge is 2.37. The maximum Gasteiger partial charge on any atom is 0.433 e. The van der Waals surface area contributed by atoms with E-state index in [2.05, 4.69) is 15.2 Å². The van der Waals surface area contributed by atoms with Crippen molar-refractivity contribution >= 4 is 11.6 Å². The van der Waals surface area contributed by atoms with E-state index in [1.54, 1.807) is 24.0 Å². The van der Waals surface area contributed by atoms with Gasteiger partial charge in [-0.1, -0.05) is 25.9 Å². The SMILES string of the molecule is CCc1cc(C(F)(F)F)n2nc([C@@H]3CCCCN3C(=O)c3cc(C(C)C)no3)cc2n1. The number of amides is 1. The average molecular weight is 435 g/mol. The molecule has 3 aromatic rings. The number of likely N-dealkylation sites (tertiary alicyclic amines) is 1. The monoisotopic (exact) mass is 435 g/mol. The zero-order chi connectivity index (χ0) is 22.3. The van der Waals surface area contributed by atoms with Crippen molar-refractivity contribution in [2.24, 2.45) is 0 Å². The van der Waals surface area contributed by atoms with Crippen LogP contribution in [0.25, 0.3) is 5.65 Å². The molecule has 1 aliphatic rings. The maximum atomic E-state index is 13.6. The van der Waals surface area contributed by atoms with Gasteiger partial charge in [-0.2, -0.15) is 18.3 Å². The Morgan fingerprint density at radius 3 is 2.68 bits per heavy atom. The van der Waals surface area contributed by atoms with E-state index >= 15 is 0 Å². The van der Waals surface area contributed by atoms with Crippen LogP contribution in [0.4, 0.5) is 13.2 Å². The molecule has 1 aliphatic heterocycles. The Labute approximate surface area is 177 Å². The van der Waals surface area contributed by atoms with E-state index in [9.17, 15) is 18.0 Å². The van der Waals surface area contributed by atoms with E-state index < -0.39 is 17.9 Å². The van der Waals surface area contributed by atoms with Gasteiger partial charge >= 0.3 is 6.18 Å². The van der Waals surface area contributed by atoms with Crippen LogP contribution in [-0.4, -0.2) is 37.1 Å². The Morgan fingerprint density at radius 1 is 1.26 bits per heavy atom. The second-order valence-corrected chi connectivity index (χ2v) is 8.10. The minimum atomic E-state index is -4.57. The summed E-state index contributed by atoms with van der Waals surface area (Å²) in [5.41, 5.74) is 0.664. The Balaban J connectivity index is 1.73. The van der Waals surface area contributed by atoms with Crippen molar-refractivity contribution in [1.82, 2.24) is 24.7 Å². The molecule has 0 aliphatic carbocycles. The molecule has 1 fully saturated rings. The highest BCUT2D eigenvalue weighted by atomic mass is 19.4. The fourth-order valence-corrected chi connectivity index (χ4v) is 3.88. The first-order chi connectivity index (χ1) is 14.7. The van der Waals surface area contributed by atoms with E-state index in [1.807, 2.05) is 13.8 Å². The van der Waals surface area contributed by atoms with Gasteiger partial charge in [0.05, 0.1) is 17.4 Å². The molecule has 0 saturated carbocycles. The molecule has 0 spiro atoms. The predicted molar refractivity (Wildman–Crippen MR) is 106 cm³/mol. The number of aromatic nitrogens is 4. The number of rotatable bonds is 4. The number of carbonyl (C=O) groups is 1. The van der Waals surface area contributed by atoms with Crippen LogP contribution in [0.3, 0.4) is 0 Å². The van der Waals surface area contributed by atoms with Crippen molar-refractivity contribution in [1.29, 1.82) is 0 Å². The number of carbonyl (C=O) groups excluding carboxylic acids is 1. The van der Waals surface area contributed by atoms with Gasteiger partial charge in [0.15, 0.2) is 5.65 Å². The average Bonchev–Trinajstić information content (AvgIpc) is 3.39. The van der Waals surface area contributed by atoms with Crippen LogP contribution in [0.2, 0.25) is 0 Å². The molecule has 4 heterocycles. The molecule has 1 atom stereocenters. The van der Waals surface area contributed by atoms with E-state index in [4.69, 9.17) is 4.52 Å². The number of nitrogens with zero attached hydrogens (tertiary/aromatic N) is 5. The standard InChI is InChI=1S/C21H24F3N5O2/c1-4-13-9-18(21(22,23)24)29-19(25-13)11-15(26-29)16-7-5-6-8-28(16)20(30)17-10-14(12(2)3)27-31-17/h9-12,16H,4-8H2,1-3H3/t16-/m0/s1. The summed E-state index contributed by atoms with van der Waals surface area (Å²) in [6, 6.07) is 3.74. The zero-order valence-corrected chi connectivity index (χ0v) is 17.6. The molecule has 3 aromatic heterocycles. The second kappa shape index (κ2) is 7.97. The van der Waals surface area contributed by atoms with Gasteiger partial charge in [0.2, 0.25) is 5.76 Å². The molecule has 0 unspecified atom stereocenters. The molecule has 0 aromatic carbocycles. The van der Waals surface area contributed by atoms with E-state index in [1.165, 1.54) is 0 Å². The smallest absolute Gasteiger partial charge is 0.351 e. The molecule has 1 amide bonds. The van der Waals surface area contributed by atoms with Gasteiger partial charge in [0.25, 0.3) is 5.91 Å². The van der Waals surface area contributed by atoms with E-state index in [0.29, 0.717) is 36.5 Å². The summed E-state index contributed by atoms with van der Waals surface area (Å²) in [5, 5.41) is 8.18. The van der Waals surface area contributed by atoms with Crippen molar-refractivity contribution < 1.29 is 22.5 Å². The number of halogens is 3. The fourth-order valence-electron chi connectivity index (χ4n) is 3.88. The van der Waals surface area contributed by atoms with Gasteiger partial charge in [-0.05, 0) is 37.7 Å². The van der Waals surface area contributed by atoms with Crippen LogP contribution in [0.1, 0.15) is 85.3 Å². The number of piperidine rings is 1. The lowest BCUT2D eigenvalue weighted by Crippen LogP contribution is -2.38. The van der Waals surface area contributed by atoms with Gasteiger partial charge in [0, 0.05) is 24.4 Å². The van der Waals surface area contributed by atoms with Crippen molar-refractivity contribution in [2.45, 2.75) is 64.6 Å². The Hall–Kier alpha value is -2.91. The summed E-state index contributed by atoms with van der Waals surface area (Å²) < 4.78 is 46.9. The largest absolute Gasteiger partial charge is 0.433 e. The summed E-state index contributed by atoms with van der Waals surface area (Å²) in [4.78, 5) is 19.0. The van der Waals surface area contributed by atoms with Gasteiger partial charge in [-0.15, -0.1) is 0 Å². The number of hydrogen-bond donors (Lipinski definition) is 0. The summed E-state index contributed by atoms with van der Waals surface area (Å²) in [7, 11) is 0. The minimum Gasteiger partial charge on any atom is -0.351 e. The first kappa shape index (κ1) is 21.3. The number of fused-ring (bicyclic) bond motifs is 1. The van der Waals surface area contributed by atoms with Crippen LogP contribution in [0.5, 0.6) is 0 Å². The van der Waals surface area contributed by atoms with Crippen LogP contribution in [-0.2, 0) is 12.6 Å². The molecule has 31 heavy (non-hydrogen) atoms. The highest BCUT2D eigenvalue weighted by molar-refractivity contribution is 5.91. The Kier molecular flexibility index (Phi) is 5.49. The topological polar surface area (TPSA) is 76.5 Å². The first-order valence-electron chi connectivity index (χ1n) is 10.4. The van der Waals surface area contributed by atoms with Crippen LogP contribution < -0.4 is 0 Å². The highest BCUT2D eigenvalue weighted by Crippen LogP contribution is 2.34. The minimum absolute atomic E-state index is 0.112. The molecule has 0 N–H and O–H groups in total. The molecule has 166 valence electrons. The quantitative estimate of drug-likeness (QED) is 0.589. The van der Waals surface area contributed by atoms with Crippen LogP contribution in [0.15, 0.2) is 22.7 Å². The van der Waals surface area contributed by atoms with Crippen molar-refractivity contribution in [3.05, 3.63) is 46.7 Å². The third-order valence-electron chi connectivity index (χ3n) is 5.59. The van der Waals surface area contributed by atoms with Crippen molar-refractivity contribution in [3.8, 4) is 0 Å². The molecule has 0 radical (unpaired) electrons. The molecular weight excluding hydrogens is 411 g/mol. The molecule has 7 nitrogen and oxygen atoms in total.